The number of hydrogen-bond donors (Lipinski definition) is 2. The number of carbonyl (C=O) groups is 1. The van der Waals surface area contributed by atoms with Gasteiger partial charge in [0.2, 0.25) is 5.91 Å². The van der Waals surface area contributed by atoms with Crippen LogP contribution in [0, 0.1) is 0 Å². The molecular formula is C18H15Cl6NO3. The lowest BCUT2D eigenvalue weighted by Gasteiger charge is -2.14. The number of nitrogens with zero attached hydrogens (tertiary/aromatic N) is 1. The molecule has 1 amide bonds. The van der Waals surface area contributed by atoms with Crippen LogP contribution in [-0.4, -0.2) is 34.6 Å². The van der Waals surface area contributed by atoms with E-state index >= 15 is 0 Å². The van der Waals surface area contributed by atoms with Gasteiger partial charge in [0.1, 0.15) is 11.5 Å². The molecule has 1 saturated heterocycles. The molecule has 2 aromatic carbocycles. The molecule has 0 bridgehead atoms. The van der Waals surface area contributed by atoms with Gasteiger partial charge in [-0.1, -0.05) is 69.6 Å². The molecule has 1 aliphatic rings. The number of benzene rings is 2. The zero-order valence-electron chi connectivity index (χ0n) is 14.5. The summed E-state index contributed by atoms with van der Waals surface area (Å²) in [6, 6.07) is 2.63. The smallest absolute Gasteiger partial charge is 0.222 e. The van der Waals surface area contributed by atoms with Crippen molar-refractivity contribution in [3.63, 3.8) is 0 Å². The highest BCUT2D eigenvalue weighted by molar-refractivity contribution is 6.45. The lowest BCUT2D eigenvalue weighted by atomic mass is 10.0. The van der Waals surface area contributed by atoms with E-state index in [2.05, 4.69) is 0 Å². The Balaban J connectivity index is 0.000000336. The molecule has 0 atom stereocenters. The lowest BCUT2D eigenvalue weighted by Crippen LogP contribution is -2.17. The maximum absolute atomic E-state index is 10.5. The second-order valence-corrected chi connectivity index (χ2v) is 8.44. The molecule has 1 fully saturated rings. The van der Waals surface area contributed by atoms with Gasteiger partial charge >= 0.3 is 0 Å². The highest BCUT2D eigenvalue weighted by Crippen LogP contribution is 2.44. The summed E-state index contributed by atoms with van der Waals surface area (Å²) < 4.78 is 0. The summed E-state index contributed by atoms with van der Waals surface area (Å²) in [5.74, 6) is -0.213. The van der Waals surface area contributed by atoms with Crippen LogP contribution in [0.5, 0.6) is 11.5 Å². The Labute approximate surface area is 192 Å². The maximum atomic E-state index is 10.5. The van der Waals surface area contributed by atoms with Crippen LogP contribution in [-0.2, 0) is 11.2 Å². The number of carbonyl (C=O) groups excluding carboxylic acids is 1. The van der Waals surface area contributed by atoms with Gasteiger partial charge in [-0.25, -0.2) is 0 Å². The first-order valence-corrected chi connectivity index (χ1v) is 10.3. The fraction of sp³-hybridized carbons (Fsp3) is 0.278. The number of halogens is 6. The lowest BCUT2D eigenvalue weighted by molar-refractivity contribution is -0.126. The zero-order chi connectivity index (χ0) is 21.2. The van der Waals surface area contributed by atoms with Crippen LogP contribution in [0.1, 0.15) is 24.0 Å². The Hall–Kier alpha value is -0.750. The second-order valence-electron chi connectivity index (χ2n) is 6.06. The number of phenols is 2. The van der Waals surface area contributed by atoms with Gasteiger partial charge in [0, 0.05) is 37.6 Å². The fourth-order valence-corrected chi connectivity index (χ4v) is 3.98. The third kappa shape index (κ3) is 5.24. The molecule has 0 aromatic heterocycles. The molecule has 2 N–H and O–H groups in total. The van der Waals surface area contributed by atoms with Crippen molar-refractivity contribution in [2.75, 3.05) is 13.6 Å². The Morgan fingerprint density at radius 1 is 0.857 bits per heavy atom. The van der Waals surface area contributed by atoms with Crippen LogP contribution in [0.3, 0.4) is 0 Å². The third-order valence-corrected chi connectivity index (χ3v) is 6.37. The quantitative estimate of drug-likeness (QED) is 0.439. The molecule has 28 heavy (non-hydrogen) atoms. The summed E-state index contributed by atoms with van der Waals surface area (Å²) in [5.41, 5.74) is 0.425. The topological polar surface area (TPSA) is 60.8 Å². The average Bonchev–Trinajstić information content (AvgIpc) is 3.01. The van der Waals surface area contributed by atoms with Crippen molar-refractivity contribution < 1.29 is 15.0 Å². The van der Waals surface area contributed by atoms with Crippen LogP contribution in [0.15, 0.2) is 12.1 Å². The molecule has 1 heterocycles. The van der Waals surface area contributed by atoms with E-state index in [9.17, 15) is 15.0 Å². The van der Waals surface area contributed by atoms with E-state index in [1.54, 1.807) is 4.90 Å². The van der Waals surface area contributed by atoms with Gasteiger partial charge in [-0.15, -0.1) is 0 Å². The van der Waals surface area contributed by atoms with E-state index in [1.165, 1.54) is 12.1 Å². The van der Waals surface area contributed by atoms with Crippen molar-refractivity contribution >= 4 is 75.5 Å². The molecular weight excluding hydrogens is 491 g/mol. The molecule has 2 aromatic rings. The number of rotatable bonds is 2. The Morgan fingerprint density at radius 3 is 1.57 bits per heavy atom. The first kappa shape index (κ1) is 23.5. The standard InChI is InChI=1S/C13H6Cl6O2.C5H9NO/c14-6-2-8(16)12(20)4(10(6)18)1-5-11(19)7(15)3-9(17)13(5)21;1-6-4-2-3-5(6)7/h2-3,20-21H,1H2;2-4H2,1H3. The third-order valence-electron chi connectivity index (χ3n) is 4.14. The number of aromatic hydroxyl groups is 2. The summed E-state index contributed by atoms with van der Waals surface area (Å²) >= 11 is 35.7. The molecule has 3 rings (SSSR count). The van der Waals surface area contributed by atoms with E-state index in [0.29, 0.717) is 5.91 Å². The molecule has 4 nitrogen and oxygen atoms in total. The minimum absolute atomic E-state index is 0.0307. The first-order chi connectivity index (χ1) is 13.0. The summed E-state index contributed by atoms with van der Waals surface area (Å²) in [6.07, 6.45) is 1.77. The Bertz CT molecular complexity index is 805. The summed E-state index contributed by atoms with van der Waals surface area (Å²) in [6.45, 7) is 0.957. The maximum Gasteiger partial charge on any atom is 0.222 e. The van der Waals surface area contributed by atoms with Crippen molar-refractivity contribution in [2.45, 2.75) is 19.3 Å². The van der Waals surface area contributed by atoms with Crippen LogP contribution >= 0.6 is 69.6 Å². The van der Waals surface area contributed by atoms with Crippen LogP contribution in [0.25, 0.3) is 0 Å². The van der Waals surface area contributed by atoms with Gasteiger partial charge in [-0.3, -0.25) is 4.79 Å². The summed E-state index contributed by atoms with van der Waals surface area (Å²) in [7, 11) is 1.84. The van der Waals surface area contributed by atoms with Crippen molar-refractivity contribution in [1.82, 2.24) is 4.90 Å². The molecule has 0 saturated carbocycles. The van der Waals surface area contributed by atoms with Crippen molar-refractivity contribution in [1.29, 1.82) is 0 Å². The number of phenolic OH excluding ortho intramolecular Hbond substituents is 2. The average molecular weight is 506 g/mol. The second kappa shape index (κ2) is 9.84. The highest BCUT2D eigenvalue weighted by atomic mass is 35.5. The molecule has 152 valence electrons. The summed E-state index contributed by atoms with van der Waals surface area (Å²) in [5, 5.41) is 20.6. The van der Waals surface area contributed by atoms with Gasteiger partial charge in [0.25, 0.3) is 0 Å². The predicted molar refractivity (Wildman–Crippen MR) is 116 cm³/mol. The molecule has 0 unspecified atom stereocenters. The Kier molecular flexibility index (Phi) is 8.26. The molecule has 0 aliphatic carbocycles. The van der Waals surface area contributed by atoms with Gasteiger partial charge in [0.05, 0.1) is 30.1 Å². The van der Waals surface area contributed by atoms with E-state index in [1.807, 2.05) is 7.05 Å². The largest absolute Gasteiger partial charge is 0.506 e. The normalized spacial score (nSPS) is 13.5. The van der Waals surface area contributed by atoms with Gasteiger partial charge in [-0.2, -0.15) is 0 Å². The molecule has 0 spiro atoms. The predicted octanol–water partition coefficient (Wildman–Crippen LogP) is 6.85. The number of amides is 1. The van der Waals surface area contributed by atoms with Crippen LogP contribution in [0.2, 0.25) is 30.1 Å². The van der Waals surface area contributed by atoms with E-state index in [4.69, 9.17) is 69.6 Å². The van der Waals surface area contributed by atoms with E-state index in [-0.39, 0.29) is 59.2 Å². The van der Waals surface area contributed by atoms with Crippen molar-refractivity contribution in [3.05, 3.63) is 53.4 Å². The molecule has 1 aliphatic heterocycles. The minimum Gasteiger partial charge on any atom is -0.506 e. The Morgan fingerprint density at radius 2 is 1.29 bits per heavy atom. The minimum atomic E-state index is -0.252. The monoisotopic (exact) mass is 503 g/mol. The fourth-order valence-electron chi connectivity index (χ4n) is 2.55. The SMILES string of the molecule is CN1CCCC1=O.Oc1c(Cl)cc(Cl)c(Cl)c1Cc1c(O)c(Cl)cc(Cl)c1Cl. The van der Waals surface area contributed by atoms with Crippen LogP contribution in [0.4, 0.5) is 0 Å². The molecule has 10 heteroatoms. The van der Waals surface area contributed by atoms with Crippen molar-refractivity contribution in [3.8, 4) is 11.5 Å². The molecule has 0 radical (unpaired) electrons. The first-order valence-electron chi connectivity index (χ1n) is 7.99. The van der Waals surface area contributed by atoms with Crippen LogP contribution < -0.4 is 0 Å². The number of likely N-dealkylation sites (tertiary alicyclic amines) is 1. The zero-order valence-corrected chi connectivity index (χ0v) is 19.0. The van der Waals surface area contributed by atoms with Gasteiger partial charge in [0.15, 0.2) is 0 Å². The van der Waals surface area contributed by atoms with Crippen molar-refractivity contribution in [2.24, 2.45) is 0 Å². The van der Waals surface area contributed by atoms with Gasteiger partial charge in [-0.05, 0) is 18.6 Å². The number of hydrogen-bond acceptors (Lipinski definition) is 3. The van der Waals surface area contributed by atoms with Gasteiger partial charge < -0.3 is 15.1 Å². The van der Waals surface area contributed by atoms with E-state index in [0.717, 1.165) is 19.4 Å². The van der Waals surface area contributed by atoms with E-state index < -0.39 is 0 Å². The highest BCUT2D eigenvalue weighted by Gasteiger charge is 2.21. The summed E-state index contributed by atoms with van der Waals surface area (Å²) in [4.78, 5) is 12.3.